The van der Waals surface area contributed by atoms with E-state index in [2.05, 4.69) is 9.88 Å². The summed E-state index contributed by atoms with van der Waals surface area (Å²) in [5, 5.41) is 0. The molecule has 0 amide bonds. The molecule has 16 heavy (non-hydrogen) atoms. The van der Waals surface area contributed by atoms with Gasteiger partial charge in [0.1, 0.15) is 5.78 Å². The standard InChI is InChI=1S/C13H20N2O/c1-4-13(16)11(8-10-15(2)3)12-7-5-6-9-14-12/h5-7,9,11H,4,8,10H2,1-3H3. The highest BCUT2D eigenvalue weighted by molar-refractivity contribution is 5.84. The van der Waals surface area contributed by atoms with E-state index in [4.69, 9.17) is 0 Å². The molecule has 1 aromatic heterocycles. The van der Waals surface area contributed by atoms with E-state index in [0.29, 0.717) is 6.42 Å². The number of aromatic nitrogens is 1. The Labute approximate surface area is 97.5 Å². The first-order valence-electron chi connectivity index (χ1n) is 5.73. The van der Waals surface area contributed by atoms with E-state index >= 15 is 0 Å². The van der Waals surface area contributed by atoms with Crippen LogP contribution in [0.15, 0.2) is 24.4 Å². The third kappa shape index (κ3) is 3.74. The summed E-state index contributed by atoms with van der Waals surface area (Å²) >= 11 is 0. The molecule has 0 aromatic carbocycles. The molecule has 1 heterocycles. The maximum absolute atomic E-state index is 11.9. The highest BCUT2D eigenvalue weighted by atomic mass is 16.1. The van der Waals surface area contributed by atoms with Crippen LogP contribution in [0.2, 0.25) is 0 Å². The van der Waals surface area contributed by atoms with E-state index in [1.54, 1.807) is 6.20 Å². The second-order valence-corrected chi connectivity index (χ2v) is 4.22. The minimum Gasteiger partial charge on any atom is -0.309 e. The van der Waals surface area contributed by atoms with Gasteiger partial charge in [0.15, 0.2) is 0 Å². The summed E-state index contributed by atoms with van der Waals surface area (Å²) in [5.41, 5.74) is 0.899. The van der Waals surface area contributed by atoms with Gasteiger partial charge in [-0.25, -0.2) is 0 Å². The number of nitrogens with zero attached hydrogens (tertiary/aromatic N) is 2. The largest absolute Gasteiger partial charge is 0.309 e. The smallest absolute Gasteiger partial charge is 0.141 e. The Balaban J connectivity index is 2.76. The van der Waals surface area contributed by atoms with Crippen LogP contribution >= 0.6 is 0 Å². The van der Waals surface area contributed by atoms with Crippen molar-refractivity contribution in [2.24, 2.45) is 0 Å². The Hall–Kier alpha value is -1.22. The average Bonchev–Trinajstić information content (AvgIpc) is 2.30. The lowest BCUT2D eigenvalue weighted by atomic mass is 9.94. The SMILES string of the molecule is CCC(=O)C(CCN(C)C)c1ccccn1. The Kier molecular flexibility index (Phi) is 5.12. The molecule has 3 heteroatoms. The van der Waals surface area contributed by atoms with Crippen LogP contribution in [0.5, 0.6) is 0 Å². The van der Waals surface area contributed by atoms with Gasteiger partial charge in [0.05, 0.1) is 11.6 Å². The minimum atomic E-state index is -0.0476. The van der Waals surface area contributed by atoms with E-state index in [-0.39, 0.29) is 11.7 Å². The van der Waals surface area contributed by atoms with Crippen LogP contribution in [0.25, 0.3) is 0 Å². The predicted molar refractivity (Wildman–Crippen MR) is 65.4 cm³/mol. The summed E-state index contributed by atoms with van der Waals surface area (Å²) in [6.07, 6.45) is 3.17. The summed E-state index contributed by atoms with van der Waals surface area (Å²) in [7, 11) is 4.04. The van der Waals surface area contributed by atoms with E-state index in [0.717, 1.165) is 18.7 Å². The van der Waals surface area contributed by atoms with Gasteiger partial charge in [-0.1, -0.05) is 13.0 Å². The molecule has 3 nitrogen and oxygen atoms in total. The molecule has 0 fully saturated rings. The van der Waals surface area contributed by atoms with Crippen LogP contribution in [0, 0.1) is 0 Å². The monoisotopic (exact) mass is 220 g/mol. The van der Waals surface area contributed by atoms with Crippen LogP contribution in [0.4, 0.5) is 0 Å². The topological polar surface area (TPSA) is 33.2 Å². The first-order chi connectivity index (χ1) is 7.65. The molecule has 0 aliphatic heterocycles. The predicted octanol–water partition coefficient (Wildman–Crippen LogP) is 2.10. The highest BCUT2D eigenvalue weighted by Crippen LogP contribution is 2.20. The van der Waals surface area contributed by atoms with Crippen LogP contribution in [0.1, 0.15) is 31.4 Å². The van der Waals surface area contributed by atoms with Gasteiger partial charge in [-0.2, -0.15) is 0 Å². The number of Topliss-reactive ketones (excluding diaryl/α,β-unsaturated/α-hetero) is 1. The zero-order chi connectivity index (χ0) is 12.0. The Morgan fingerprint density at radius 3 is 2.69 bits per heavy atom. The van der Waals surface area contributed by atoms with Crippen molar-refractivity contribution in [1.29, 1.82) is 0 Å². The molecule has 1 atom stereocenters. The van der Waals surface area contributed by atoms with Crippen molar-refractivity contribution in [1.82, 2.24) is 9.88 Å². The molecule has 0 saturated carbocycles. The van der Waals surface area contributed by atoms with Crippen LogP contribution in [-0.4, -0.2) is 36.3 Å². The number of ketones is 1. The molecule has 0 spiro atoms. The fourth-order valence-corrected chi connectivity index (χ4v) is 1.69. The maximum atomic E-state index is 11.9. The average molecular weight is 220 g/mol. The van der Waals surface area contributed by atoms with Crippen LogP contribution < -0.4 is 0 Å². The molecule has 0 aliphatic carbocycles. The lowest BCUT2D eigenvalue weighted by Crippen LogP contribution is -2.20. The van der Waals surface area contributed by atoms with Gasteiger partial charge in [-0.3, -0.25) is 9.78 Å². The number of hydrogen-bond donors (Lipinski definition) is 0. The zero-order valence-corrected chi connectivity index (χ0v) is 10.3. The Bertz CT molecular complexity index is 322. The molecule has 1 unspecified atom stereocenters. The zero-order valence-electron chi connectivity index (χ0n) is 10.3. The van der Waals surface area contributed by atoms with Gasteiger partial charge in [0, 0.05) is 12.6 Å². The van der Waals surface area contributed by atoms with Gasteiger partial charge < -0.3 is 4.90 Å². The lowest BCUT2D eigenvalue weighted by molar-refractivity contribution is -0.120. The van der Waals surface area contributed by atoms with Gasteiger partial charge in [0.2, 0.25) is 0 Å². The molecule has 0 saturated heterocycles. The molecule has 1 rings (SSSR count). The quantitative estimate of drug-likeness (QED) is 0.736. The molecule has 0 N–H and O–H groups in total. The lowest BCUT2D eigenvalue weighted by Gasteiger charge is -2.17. The fraction of sp³-hybridized carbons (Fsp3) is 0.538. The number of carbonyl (C=O) groups excluding carboxylic acids is 1. The van der Waals surface area contributed by atoms with Gasteiger partial charge in [-0.15, -0.1) is 0 Å². The second kappa shape index (κ2) is 6.38. The molecular weight excluding hydrogens is 200 g/mol. The molecular formula is C13H20N2O. The Morgan fingerprint density at radius 2 is 2.19 bits per heavy atom. The number of hydrogen-bond acceptors (Lipinski definition) is 3. The van der Waals surface area contributed by atoms with Crippen molar-refractivity contribution >= 4 is 5.78 Å². The normalized spacial score (nSPS) is 12.8. The molecule has 0 radical (unpaired) electrons. The van der Waals surface area contributed by atoms with E-state index in [1.165, 1.54) is 0 Å². The van der Waals surface area contributed by atoms with E-state index < -0.39 is 0 Å². The maximum Gasteiger partial charge on any atom is 0.141 e. The molecule has 0 bridgehead atoms. The van der Waals surface area contributed by atoms with Crippen molar-refractivity contribution in [2.45, 2.75) is 25.7 Å². The highest BCUT2D eigenvalue weighted by Gasteiger charge is 2.19. The van der Waals surface area contributed by atoms with Crippen molar-refractivity contribution in [3.63, 3.8) is 0 Å². The van der Waals surface area contributed by atoms with Gasteiger partial charge in [-0.05, 0) is 39.2 Å². The van der Waals surface area contributed by atoms with E-state index in [1.807, 2.05) is 39.2 Å². The Morgan fingerprint density at radius 1 is 1.44 bits per heavy atom. The summed E-state index contributed by atoms with van der Waals surface area (Å²) in [6, 6.07) is 5.75. The van der Waals surface area contributed by atoms with Gasteiger partial charge >= 0.3 is 0 Å². The summed E-state index contributed by atoms with van der Waals surface area (Å²) in [6.45, 7) is 2.82. The third-order valence-corrected chi connectivity index (χ3v) is 2.65. The van der Waals surface area contributed by atoms with Crippen molar-refractivity contribution in [3.8, 4) is 0 Å². The van der Waals surface area contributed by atoms with Crippen LogP contribution in [0.3, 0.4) is 0 Å². The summed E-state index contributed by atoms with van der Waals surface area (Å²) in [4.78, 5) is 18.2. The summed E-state index contributed by atoms with van der Waals surface area (Å²) in [5.74, 6) is 0.231. The second-order valence-electron chi connectivity index (χ2n) is 4.22. The first-order valence-corrected chi connectivity index (χ1v) is 5.73. The van der Waals surface area contributed by atoms with Crippen molar-refractivity contribution < 1.29 is 4.79 Å². The molecule has 88 valence electrons. The number of rotatable bonds is 6. The van der Waals surface area contributed by atoms with Gasteiger partial charge in [0.25, 0.3) is 0 Å². The van der Waals surface area contributed by atoms with Crippen molar-refractivity contribution in [3.05, 3.63) is 30.1 Å². The fourth-order valence-electron chi connectivity index (χ4n) is 1.69. The number of carbonyl (C=O) groups is 1. The molecule has 0 aliphatic rings. The minimum absolute atomic E-state index is 0.0476. The first kappa shape index (κ1) is 12.8. The van der Waals surface area contributed by atoms with E-state index in [9.17, 15) is 4.79 Å². The third-order valence-electron chi connectivity index (χ3n) is 2.65. The number of pyridine rings is 1. The molecule has 1 aromatic rings. The van der Waals surface area contributed by atoms with Crippen molar-refractivity contribution in [2.75, 3.05) is 20.6 Å². The van der Waals surface area contributed by atoms with Crippen LogP contribution in [-0.2, 0) is 4.79 Å². The summed E-state index contributed by atoms with van der Waals surface area (Å²) < 4.78 is 0.